The van der Waals surface area contributed by atoms with Crippen molar-refractivity contribution >= 4 is 40.6 Å². The lowest BCUT2D eigenvalue weighted by atomic mass is 9.82. The zero-order valence-corrected chi connectivity index (χ0v) is 17.9. The van der Waals surface area contributed by atoms with Crippen molar-refractivity contribution in [3.8, 4) is 0 Å². The Morgan fingerprint density at radius 3 is 2.03 bits per heavy atom. The number of hydrogen-bond acceptors (Lipinski definition) is 2. The van der Waals surface area contributed by atoms with Gasteiger partial charge in [-0.1, -0.05) is 53.0 Å². The molecular weight excluding hydrogens is 419 g/mol. The van der Waals surface area contributed by atoms with Gasteiger partial charge in [0.25, 0.3) is 0 Å². The van der Waals surface area contributed by atoms with Crippen LogP contribution in [-0.4, -0.2) is 24.8 Å². The molecule has 2 amide bonds. The van der Waals surface area contributed by atoms with Crippen LogP contribution < -0.4 is 9.80 Å². The molecular formula is C24H20Cl2N2O2. The second-order valence-corrected chi connectivity index (χ2v) is 8.73. The number of rotatable bonds is 3. The molecule has 1 atom stereocenters. The van der Waals surface area contributed by atoms with Crippen LogP contribution >= 0.6 is 23.2 Å². The number of nitrogens with zero attached hydrogens (tertiary/aromatic N) is 2. The van der Waals surface area contributed by atoms with E-state index in [1.54, 1.807) is 0 Å². The molecule has 2 heterocycles. The van der Waals surface area contributed by atoms with Gasteiger partial charge in [-0.15, -0.1) is 0 Å². The normalized spacial score (nSPS) is 20.0. The van der Waals surface area contributed by atoms with E-state index in [4.69, 9.17) is 27.9 Å². The maximum Gasteiger partial charge on any atom is 0.330 e. The summed E-state index contributed by atoms with van der Waals surface area (Å²) in [5.74, 6) is 0. The van der Waals surface area contributed by atoms with Gasteiger partial charge in [-0.05, 0) is 61.0 Å². The minimum absolute atomic E-state index is 0.0885. The Morgan fingerprint density at radius 1 is 0.900 bits per heavy atom. The van der Waals surface area contributed by atoms with Crippen molar-refractivity contribution in [3.05, 3.63) is 94.0 Å². The molecule has 3 aromatic rings. The highest BCUT2D eigenvalue weighted by molar-refractivity contribution is 6.31. The number of urea groups is 1. The first-order valence-electron chi connectivity index (χ1n) is 9.78. The first kappa shape index (κ1) is 19.4. The van der Waals surface area contributed by atoms with Gasteiger partial charge in [-0.25, -0.2) is 4.79 Å². The van der Waals surface area contributed by atoms with Gasteiger partial charge >= 0.3 is 6.03 Å². The van der Waals surface area contributed by atoms with Gasteiger partial charge in [0.2, 0.25) is 0 Å². The minimum Gasteiger partial charge on any atom is -0.376 e. The standard InChI is InChI=1S/C24H20Cl2N2O2/c1-16-3-2-4-17(13-16)22-24(14-30-15-24)28(21-11-7-19(26)8-12-21)23(29)27(22)20-9-5-18(25)6-10-20/h2-13,22H,14-15H2,1H3. The maximum atomic E-state index is 13.9. The lowest BCUT2D eigenvalue weighted by Crippen LogP contribution is -2.62. The molecule has 2 aliphatic rings. The zero-order chi connectivity index (χ0) is 20.9. The number of amides is 2. The second-order valence-electron chi connectivity index (χ2n) is 7.85. The summed E-state index contributed by atoms with van der Waals surface area (Å²) in [6.45, 7) is 2.99. The number of anilines is 2. The van der Waals surface area contributed by atoms with Gasteiger partial charge < -0.3 is 4.74 Å². The number of aryl methyl sites for hydroxylation is 1. The van der Waals surface area contributed by atoms with Crippen LogP contribution in [0.1, 0.15) is 17.2 Å². The van der Waals surface area contributed by atoms with Crippen LogP contribution in [0.5, 0.6) is 0 Å². The van der Waals surface area contributed by atoms with Crippen molar-refractivity contribution in [3.63, 3.8) is 0 Å². The number of ether oxygens (including phenoxy) is 1. The summed E-state index contributed by atoms with van der Waals surface area (Å²) < 4.78 is 5.70. The van der Waals surface area contributed by atoms with E-state index in [1.165, 1.54) is 0 Å². The van der Waals surface area contributed by atoms with Gasteiger partial charge in [-0.2, -0.15) is 0 Å². The highest BCUT2D eigenvalue weighted by atomic mass is 35.5. The molecule has 1 unspecified atom stereocenters. The summed E-state index contributed by atoms with van der Waals surface area (Å²) in [6, 6.07) is 22.8. The molecule has 2 fully saturated rings. The fourth-order valence-corrected chi connectivity index (χ4v) is 4.74. The van der Waals surface area contributed by atoms with Crippen LogP contribution in [0.2, 0.25) is 10.0 Å². The summed E-state index contributed by atoms with van der Waals surface area (Å²) >= 11 is 12.2. The molecule has 1 spiro atoms. The van der Waals surface area contributed by atoms with Crippen molar-refractivity contribution in [2.75, 3.05) is 23.0 Å². The van der Waals surface area contributed by atoms with Crippen LogP contribution in [-0.2, 0) is 4.74 Å². The number of carbonyl (C=O) groups is 1. The van der Waals surface area contributed by atoms with Gasteiger partial charge in [0, 0.05) is 21.4 Å². The molecule has 0 saturated carbocycles. The highest BCUT2D eigenvalue weighted by Gasteiger charge is 2.62. The molecule has 2 saturated heterocycles. The Balaban J connectivity index is 1.70. The number of halogens is 2. The second kappa shape index (κ2) is 7.31. The van der Waals surface area contributed by atoms with E-state index in [9.17, 15) is 4.79 Å². The van der Waals surface area contributed by atoms with Crippen LogP contribution in [0.3, 0.4) is 0 Å². The third-order valence-electron chi connectivity index (χ3n) is 5.86. The van der Waals surface area contributed by atoms with Gasteiger partial charge in [-0.3, -0.25) is 9.80 Å². The Kier molecular flexibility index (Phi) is 4.73. The third-order valence-corrected chi connectivity index (χ3v) is 6.37. The smallest absolute Gasteiger partial charge is 0.330 e. The fourth-order valence-electron chi connectivity index (χ4n) is 4.49. The quantitative estimate of drug-likeness (QED) is 0.483. The van der Waals surface area contributed by atoms with E-state index in [1.807, 2.05) is 64.4 Å². The van der Waals surface area contributed by atoms with Gasteiger partial charge in [0.15, 0.2) is 0 Å². The van der Waals surface area contributed by atoms with Crippen molar-refractivity contribution < 1.29 is 9.53 Å². The molecule has 0 N–H and O–H groups in total. The Labute approximate surface area is 185 Å². The van der Waals surface area contributed by atoms with E-state index in [2.05, 4.69) is 25.1 Å². The minimum atomic E-state index is -0.502. The van der Waals surface area contributed by atoms with E-state index in [-0.39, 0.29) is 12.1 Å². The van der Waals surface area contributed by atoms with E-state index < -0.39 is 5.54 Å². The molecule has 30 heavy (non-hydrogen) atoms. The van der Waals surface area contributed by atoms with Crippen LogP contribution in [0.4, 0.5) is 16.2 Å². The Hall–Kier alpha value is -2.53. The number of carbonyl (C=O) groups excluding carboxylic acids is 1. The number of benzene rings is 3. The summed E-state index contributed by atoms with van der Waals surface area (Å²) in [6.07, 6.45) is 0. The largest absolute Gasteiger partial charge is 0.376 e. The van der Waals surface area contributed by atoms with Crippen LogP contribution in [0.25, 0.3) is 0 Å². The van der Waals surface area contributed by atoms with Crippen LogP contribution in [0.15, 0.2) is 72.8 Å². The Bertz CT molecular complexity index is 1090. The van der Waals surface area contributed by atoms with Crippen molar-refractivity contribution in [2.45, 2.75) is 18.5 Å². The summed E-state index contributed by atoms with van der Waals surface area (Å²) in [7, 11) is 0. The zero-order valence-electron chi connectivity index (χ0n) is 16.4. The SMILES string of the molecule is Cc1cccc(C2N(c3ccc(Cl)cc3)C(=O)N(c3ccc(Cl)cc3)C23COC3)c1. The first-order valence-corrected chi connectivity index (χ1v) is 10.5. The monoisotopic (exact) mass is 438 g/mol. The fraction of sp³-hybridized carbons (Fsp3) is 0.208. The molecule has 6 heteroatoms. The van der Waals surface area contributed by atoms with E-state index in [0.29, 0.717) is 23.3 Å². The summed E-state index contributed by atoms with van der Waals surface area (Å²) in [5.41, 5.74) is 3.34. The van der Waals surface area contributed by atoms with Gasteiger partial charge in [0.05, 0.1) is 19.3 Å². The lowest BCUT2D eigenvalue weighted by Gasteiger charge is -2.47. The number of hydrogen-bond donors (Lipinski definition) is 0. The molecule has 0 radical (unpaired) electrons. The molecule has 0 aliphatic carbocycles. The Morgan fingerprint density at radius 2 is 1.50 bits per heavy atom. The first-order chi connectivity index (χ1) is 14.5. The predicted molar refractivity (Wildman–Crippen MR) is 121 cm³/mol. The average molecular weight is 439 g/mol. The van der Waals surface area contributed by atoms with E-state index >= 15 is 0 Å². The van der Waals surface area contributed by atoms with Crippen LogP contribution in [0, 0.1) is 6.92 Å². The predicted octanol–water partition coefficient (Wildman–Crippen LogP) is 6.26. The van der Waals surface area contributed by atoms with E-state index in [0.717, 1.165) is 22.5 Å². The molecule has 0 aromatic heterocycles. The van der Waals surface area contributed by atoms with Crippen molar-refractivity contribution in [1.29, 1.82) is 0 Å². The molecule has 0 bridgehead atoms. The summed E-state index contributed by atoms with van der Waals surface area (Å²) in [4.78, 5) is 17.6. The van der Waals surface area contributed by atoms with Crippen molar-refractivity contribution in [2.24, 2.45) is 0 Å². The summed E-state index contributed by atoms with van der Waals surface area (Å²) in [5, 5.41) is 1.27. The van der Waals surface area contributed by atoms with Gasteiger partial charge in [0.1, 0.15) is 5.54 Å². The molecule has 4 nitrogen and oxygen atoms in total. The topological polar surface area (TPSA) is 32.8 Å². The average Bonchev–Trinajstić information content (AvgIpc) is 2.99. The molecule has 3 aromatic carbocycles. The molecule has 2 aliphatic heterocycles. The third kappa shape index (κ3) is 2.99. The molecule has 152 valence electrons. The maximum absolute atomic E-state index is 13.9. The lowest BCUT2D eigenvalue weighted by molar-refractivity contribution is -0.0580. The highest BCUT2D eigenvalue weighted by Crippen LogP contribution is 2.51. The van der Waals surface area contributed by atoms with Crippen molar-refractivity contribution in [1.82, 2.24) is 0 Å². The molecule has 5 rings (SSSR count).